The van der Waals surface area contributed by atoms with E-state index in [1.165, 1.54) is 0 Å². The van der Waals surface area contributed by atoms with Gasteiger partial charge in [0, 0.05) is 18.1 Å². The summed E-state index contributed by atoms with van der Waals surface area (Å²) in [5, 5.41) is 17.0. The molecule has 2 heterocycles. The smallest absolute Gasteiger partial charge is 0.247 e. The van der Waals surface area contributed by atoms with Crippen molar-refractivity contribution in [1.29, 1.82) is 0 Å². The summed E-state index contributed by atoms with van der Waals surface area (Å²) < 4.78 is 7.28. The van der Waals surface area contributed by atoms with Crippen LogP contribution < -0.4 is 10.1 Å². The van der Waals surface area contributed by atoms with E-state index in [2.05, 4.69) is 39.8 Å². The number of amides is 1. The van der Waals surface area contributed by atoms with Gasteiger partial charge in [-0.1, -0.05) is 13.8 Å². The van der Waals surface area contributed by atoms with Crippen molar-refractivity contribution in [2.24, 2.45) is 5.92 Å². The average Bonchev–Trinajstić information content (AvgIpc) is 3.33. The summed E-state index contributed by atoms with van der Waals surface area (Å²) in [6, 6.07) is 8.91. The van der Waals surface area contributed by atoms with E-state index in [-0.39, 0.29) is 11.9 Å². The van der Waals surface area contributed by atoms with Gasteiger partial charge in [0.15, 0.2) is 0 Å². The number of tetrazole rings is 1. The molecular formula is C18H22N6O2. The minimum Gasteiger partial charge on any atom is -0.496 e. The standard InChI is InChI=1S/C18H22N6O2/c1-12(2)10-15(24-8-4-5-9-24)18(25)19-13-6-7-16(26-3)14(11-13)17-20-22-23-21-17/h4-9,11-12,15H,10H2,1-3H3,(H,19,25)(H,20,21,22,23)/t15-/m0/s1. The van der Waals surface area contributed by atoms with Crippen LogP contribution >= 0.6 is 0 Å². The lowest BCUT2D eigenvalue weighted by Crippen LogP contribution is -2.26. The van der Waals surface area contributed by atoms with Gasteiger partial charge in [0.25, 0.3) is 0 Å². The lowest BCUT2D eigenvalue weighted by atomic mass is 10.0. The number of nitrogens with one attached hydrogen (secondary N) is 2. The van der Waals surface area contributed by atoms with Crippen LogP contribution in [0.3, 0.4) is 0 Å². The number of hydrogen-bond acceptors (Lipinski definition) is 5. The number of H-pyrrole nitrogens is 1. The van der Waals surface area contributed by atoms with Crippen molar-refractivity contribution in [3.63, 3.8) is 0 Å². The maximum Gasteiger partial charge on any atom is 0.247 e. The summed E-state index contributed by atoms with van der Waals surface area (Å²) in [7, 11) is 1.57. The highest BCUT2D eigenvalue weighted by Gasteiger charge is 2.22. The van der Waals surface area contributed by atoms with Crippen molar-refractivity contribution >= 4 is 11.6 Å². The number of methoxy groups -OCH3 is 1. The highest BCUT2D eigenvalue weighted by Crippen LogP contribution is 2.30. The van der Waals surface area contributed by atoms with Crippen LogP contribution in [-0.4, -0.2) is 38.2 Å². The third kappa shape index (κ3) is 3.90. The van der Waals surface area contributed by atoms with Gasteiger partial charge in [-0.2, -0.15) is 5.21 Å². The molecule has 26 heavy (non-hydrogen) atoms. The molecule has 2 aromatic heterocycles. The number of anilines is 1. The monoisotopic (exact) mass is 354 g/mol. The first-order valence-electron chi connectivity index (χ1n) is 8.43. The van der Waals surface area contributed by atoms with E-state index in [1.807, 2.05) is 29.1 Å². The predicted octanol–water partition coefficient (Wildman–Crippen LogP) is 2.90. The zero-order valence-corrected chi connectivity index (χ0v) is 15.0. The second-order valence-corrected chi connectivity index (χ2v) is 6.42. The van der Waals surface area contributed by atoms with Crippen LogP contribution in [-0.2, 0) is 4.79 Å². The maximum atomic E-state index is 12.9. The summed E-state index contributed by atoms with van der Waals surface area (Å²) in [4.78, 5) is 12.9. The Hall–Kier alpha value is -3.16. The normalized spacial score (nSPS) is 12.2. The average molecular weight is 354 g/mol. The van der Waals surface area contributed by atoms with E-state index < -0.39 is 0 Å². The molecule has 8 nitrogen and oxygen atoms in total. The van der Waals surface area contributed by atoms with E-state index in [0.29, 0.717) is 28.7 Å². The fraction of sp³-hybridized carbons (Fsp3) is 0.333. The molecule has 0 bridgehead atoms. The number of carbonyl (C=O) groups is 1. The van der Waals surface area contributed by atoms with Crippen molar-refractivity contribution in [1.82, 2.24) is 25.2 Å². The zero-order chi connectivity index (χ0) is 18.5. The predicted molar refractivity (Wildman–Crippen MR) is 97.7 cm³/mol. The number of aromatic amines is 1. The zero-order valence-electron chi connectivity index (χ0n) is 15.0. The topological polar surface area (TPSA) is 97.7 Å². The first-order valence-corrected chi connectivity index (χ1v) is 8.43. The minimum absolute atomic E-state index is 0.0703. The Kier molecular flexibility index (Phi) is 5.31. The molecule has 3 rings (SSSR count). The molecule has 0 aliphatic rings. The number of ether oxygens (including phenoxy) is 1. The molecule has 3 aromatic rings. The molecule has 0 aliphatic heterocycles. The molecular weight excluding hydrogens is 332 g/mol. The van der Waals surface area contributed by atoms with Crippen LogP contribution in [0.15, 0.2) is 42.7 Å². The van der Waals surface area contributed by atoms with E-state index in [9.17, 15) is 4.79 Å². The van der Waals surface area contributed by atoms with Gasteiger partial charge < -0.3 is 14.6 Å². The van der Waals surface area contributed by atoms with Crippen LogP contribution in [0, 0.1) is 5.92 Å². The van der Waals surface area contributed by atoms with Gasteiger partial charge in [0.1, 0.15) is 11.8 Å². The molecule has 0 fully saturated rings. The molecule has 1 aromatic carbocycles. The Morgan fingerprint density at radius 1 is 1.31 bits per heavy atom. The molecule has 0 saturated heterocycles. The lowest BCUT2D eigenvalue weighted by molar-refractivity contribution is -0.119. The Bertz CT molecular complexity index is 843. The Morgan fingerprint density at radius 3 is 2.69 bits per heavy atom. The van der Waals surface area contributed by atoms with Crippen molar-refractivity contribution < 1.29 is 9.53 Å². The Morgan fingerprint density at radius 2 is 2.08 bits per heavy atom. The van der Waals surface area contributed by atoms with Crippen LogP contribution in [0.1, 0.15) is 26.3 Å². The lowest BCUT2D eigenvalue weighted by Gasteiger charge is -2.21. The number of hydrogen-bond donors (Lipinski definition) is 2. The van der Waals surface area contributed by atoms with Crippen molar-refractivity contribution in [3.8, 4) is 17.1 Å². The third-order valence-corrected chi connectivity index (χ3v) is 4.04. The van der Waals surface area contributed by atoms with E-state index in [0.717, 1.165) is 6.42 Å². The number of aromatic nitrogens is 5. The molecule has 1 amide bonds. The SMILES string of the molecule is COc1ccc(NC(=O)[C@H](CC(C)C)n2cccc2)cc1-c1nn[nH]n1. The second-order valence-electron chi connectivity index (χ2n) is 6.42. The number of benzene rings is 1. The van der Waals surface area contributed by atoms with Crippen LogP contribution in [0.5, 0.6) is 5.75 Å². The van der Waals surface area contributed by atoms with Crippen LogP contribution in [0.25, 0.3) is 11.4 Å². The molecule has 8 heteroatoms. The van der Waals surface area contributed by atoms with Crippen LogP contribution in [0.4, 0.5) is 5.69 Å². The molecule has 0 saturated carbocycles. The second kappa shape index (κ2) is 7.81. The van der Waals surface area contributed by atoms with Crippen molar-refractivity contribution in [3.05, 3.63) is 42.7 Å². The molecule has 0 spiro atoms. The van der Waals surface area contributed by atoms with Gasteiger partial charge in [-0.15, -0.1) is 10.2 Å². The fourth-order valence-corrected chi connectivity index (χ4v) is 2.83. The molecule has 0 unspecified atom stereocenters. The van der Waals surface area contributed by atoms with Gasteiger partial charge in [0.2, 0.25) is 11.7 Å². The first kappa shape index (κ1) is 17.7. The van der Waals surface area contributed by atoms with E-state index >= 15 is 0 Å². The summed E-state index contributed by atoms with van der Waals surface area (Å²) in [6.45, 7) is 4.21. The molecule has 0 radical (unpaired) electrons. The van der Waals surface area contributed by atoms with Crippen molar-refractivity contribution in [2.75, 3.05) is 12.4 Å². The number of nitrogens with zero attached hydrogens (tertiary/aromatic N) is 4. The van der Waals surface area contributed by atoms with E-state index in [1.54, 1.807) is 25.3 Å². The molecule has 136 valence electrons. The van der Waals surface area contributed by atoms with Gasteiger partial charge in [0.05, 0.1) is 12.7 Å². The van der Waals surface area contributed by atoms with Crippen LogP contribution in [0.2, 0.25) is 0 Å². The quantitative estimate of drug-likeness (QED) is 0.680. The highest BCUT2D eigenvalue weighted by atomic mass is 16.5. The number of rotatable bonds is 7. The van der Waals surface area contributed by atoms with Gasteiger partial charge in [-0.05, 0) is 47.9 Å². The highest BCUT2D eigenvalue weighted by molar-refractivity contribution is 5.94. The summed E-state index contributed by atoms with van der Waals surface area (Å²) in [5.74, 6) is 1.33. The Labute approximate surface area is 151 Å². The summed E-state index contributed by atoms with van der Waals surface area (Å²) in [5.41, 5.74) is 1.30. The fourth-order valence-electron chi connectivity index (χ4n) is 2.83. The summed E-state index contributed by atoms with van der Waals surface area (Å²) in [6.07, 6.45) is 4.56. The largest absolute Gasteiger partial charge is 0.496 e. The third-order valence-electron chi connectivity index (χ3n) is 4.04. The first-order chi connectivity index (χ1) is 12.6. The van der Waals surface area contributed by atoms with Gasteiger partial charge in [-0.25, -0.2) is 0 Å². The summed E-state index contributed by atoms with van der Waals surface area (Å²) >= 11 is 0. The van der Waals surface area contributed by atoms with Crippen molar-refractivity contribution in [2.45, 2.75) is 26.3 Å². The van der Waals surface area contributed by atoms with Gasteiger partial charge in [-0.3, -0.25) is 4.79 Å². The minimum atomic E-state index is -0.277. The molecule has 1 atom stereocenters. The maximum absolute atomic E-state index is 12.9. The number of carbonyl (C=O) groups excluding carboxylic acids is 1. The van der Waals surface area contributed by atoms with E-state index in [4.69, 9.17) is 4.74 Å². The van der Waals surface area contributed by atoms with Gasteiger partial charge >= 0.3 is 0 Å². The molecule has 0 aliphatic carbocycles. The molecule has 2 N–H and O–H groups in total. The Balaban J connectivity index is 1.85.